The molecule has 1 amide bonds. The maximum atomic E-state index is 12.4. The lowest BCUT2D eigenvalue weighted by Crippen LogP contribution is -2.43. The van der Waals surface area contributed by atoms with Gasteiger partial charge in [0.2, 0.25) is 0 Å². The van der Waals surface area contributed by atoms with Crippen molar-refractivity contribution in [2.24, 2.45) is 4.40 Å². The van der Waals surface area contributed by atoms with Crippen LogP contribution in [0.2, 0.25) is 0 Å². The first kappa shape index (κ1) is 19.1. The molecular weight excluding hydrogens is 362 g/mol. The van der Waals surface area contributed by atoms with E-state index < -0.39 is 10.0 Å². The number of amidine groups is 1. The second-order valence-electron chi connectivity index (χ2n) is 7.20. The lowest BCUT2D eigenvalue weighted by molar-refractivity contribution is 0.0909. The Balaban J connectivity index is 1.75. The van der Waals surface area contributed by atoms with Gasteiger partial charge in [0.1, 0.15) is 4.90 Å². The lowest BCUT2D eigenvalue weighted by Gasteiger charge is -2.25. The van der Waals surface area contributed by atoms with Gasteiger partial charge in [0, 0.05) is 22.4 Å². The molecule has 7 heteroatoms. The van der Waals surface area contributed by atoms with E-state index in [2.05, 4.69) is 22.0 Å². The molecule has 142 valence electrons. The Hall–Kier alpha value is -2.67. The second-order valence-corrected chi connectivity index (χ2v) is 8.77. The van der Waals surface area contributed by atoms with Gasteiger partial charge < -0.3 is 10.6 Å². The summed E-state index contributed by atoms with van der Waals surface area (Å²) in [6, 6.07) is 13.6. The third-order valence-corrected chi connectivity index (χ3v) is 5.70. The minimum atomic E-state index is -3.66. The van der Waals surface area contributed by atoms with Crippen LogP contribution in [-0.2, 0) is 10.0 Å². The third kappa shape index (κ3) is 4.19. The summed E-state index contributed by atoms with van der Waals surface area (Å²) >= 11 is 0. The van der Waals surface area contributed by atoms with Crippen molar-refractivity contribution >= 4 is 27.5 Å². The standard InChI is InChI=1S/C20H23N3O3S/c1-4-13-20(2,3)22-19(24)14-9-11-15(12-10-14)21-18-16-7-5-6-8-17(16)27(25,26)23-18/h5-12H,4,13H2,1-3H3,(H,21,23)(H,22,24). The number of carbonyl (C=O) groups excluding carboxylic acids is 1. The maximum absolute atomic E-state index is 12.4. The van der Waals surface area contributed by atoms with Crippen molar-refractivity contribution in [2.45, 2.75) is 44.0 Å². The van der Waals surface area contributed by atoms with Gasteiger partial charge in [0.25, 0.3) is 15.9 Å². The Kier molecular flexibility index (Phi) is 5.06. The van der Waals surface area contributed by atoms with E-state index in [4.69, 9.17) is 0 Å². The van der Waals surface area contributed by atoms with Gasteiger partial charge in [0.05, 0.1) is 0 Å². The van der Waals surface area contributed by atoms with Crippen LogP contribution in [0.15, 0.2) is 57.8 Å². The molecule has 1 heterocycles. The van der Waals surface area contributed by atoms with Gasteiger partial charge >= 0.3 is 0 Å². The zero-order valence-corrected chi connectivity index (χ0v) is 16.4. The number of anilines is 1. The monoisotopic (exact) mass is 385 g/mol. The first-order valence-electron chi connectivity index (χ1n) is 8.86. The Morgan fingerprint density at radius 1 is 1.07 bits per heavy atom. The van der Waals surface area contributed by atoms with Crippen LogP contribution in [0.4, 0.5) is 5.69 Å². The summed E-state index contributed by atoms with van der Waals surface area (Å²) in [5, 5.41) is 6.05. The number of rotatable bonds is 5. The average Bonchev–Trinajstić information content (AvgIpc) is 2.86. The van der Waals surface area contributed by atoms with Crippen LogP contribution in [0, 0.1) is 0 Å². The number of hydrogen-bond donors (Lipinski definition) is 2. The molecule has 1 aliphatic rings. The van der Waals surface area contributed by atoms with Gasteiger partial charge in [-0.15, -0.1) is 4.40 Å². The van der Waals surface area contributed by atoms with Gasteiger partial charge in [-0.2, -0.15) is 8.42 Å². The molecule has 0 radical (unpaired) electrons. The van der Waals surface area contributed by atoms with Gasteiger partial charge in [-0.3, -0.25) is 4.79 Å². The molecule has 0 unspecified atom stereocenters. The molecular formula is C20H23N3O3S. The minimum Gasteiger partial charge on any atom is -0.347 e. The molecule has 6 nitrogen and oxygen atoms in total. The van der Waals surface area contributed by atoms with Crippen molar-refractivity contribution in [1.82, 2.24) is 5.32 Å². The van der Waals surface area contributed by atoms with Crippen LogP contribution in [0.3, 0.4) is 0 Å². The predicted molar refractivity (Wildman–Crippen MR) is 107 cm³/mol. The Bertz CT molecular complexity index is 993. The highest BCUT2D eigenvalue weighted by molar-refractivity contribution is 7.90. The number of carbonyl (C=O) groups is 1. The first-order chi connectivity index (χ1) is 12.7. The molecule has 27 heavy (non-hydrogen) atoms. The fourth-order valence-electron chi connectivity index (χ4n) is 3.10. The Morgan fingerprint density at radius 2 is 1.74 bits per heavy atom. The van der Waals surface area contributed by atoms with Crippen molar-refractivity contribution in [3.63, 3.8) is 0 Å². The molecule has 1 aliphatic heterocycles. The fourth-order valence-corrected chi connectivity index (χ4v) is 4.28. The van der Waals surface area contributed by atoms with Crippen LogP contribution >= 0.6 is 0 Å². The number of fused-ring (bicyclic) bond motifs is 1. The lowest BCUT2D eigenvalue weighted by atomic mass is 9.98. The normalized spacial score (nSPS) is 15.0. The minimum absolute atomic E-state index is 0.133. The zero-order valence-electron chi connectivity index (χ0n) is 15.6. The fraction of sp³-hybridized carbons (Fsp3) is 0.300. The van der Waals surface area contributed by atoms with E-state index in [-0.39, 0.29) is 22.2 Å². The number of hydrogen-bond acceptors (Lipinski definition) is 4. The summed E-state index contributed by atoms with van der Waals surface area (Å²) in [6.07, 6.45) is 1.88. The molecule has 2 aromatic carbocycles. The number of nitrogens with one attached hydrogen (secondary N) is 2. The second kappa shape index (κ2) is 7.15. The number of amides is 1. The van der Waals surface area contributed by atoms with Gasteiger partial charge in [-0.25, -0.2) is 0 Å². The molecule has 0 spiro atoms. The number of benzene rings is 2. The van der Waals surface area contributed by atoms with Crippen LogP contribution in [0.1, 0.15) is 49.5 Å². The van der Waals surface area contributed by atoms with Crippen LogP contribution in [0.5, 0.6) is 0 Å². The van der Waals surface area contributed by atoms with Gasteiger partial charge in [-0.1, -0.05) is 25.5 Å². The van der Waals surface area contributed by atoms with Crippen LogP contribution in [-0.4, -0.2) is 25.7 Å². The molecule has 0 saturated carbocycles. The molecule has 2 N–H and O–H groups in total. The first-order valence-corrected chi connectivity index (χ1v) is 10.3. The van der Waals surface area contributed by atoms with Crippen molar-refractivity contribution in [3.8, 4) is 0 Å². The molecule has 0 aliphatic carbocycles. The van der Waals surface area contributed by atoms with E-state index in [9.17, 15) is 13.2 Å². The average molecular weight is 385 g/mol. The summed E-state index contributed by atoms with van der Waals surface area (Å²) < 4.78 is 28.0. The van der Waals surface area contributed by atoms with Crippen LogP contribution < -0.4 is 10.6 Å². The molecule has 2 aromatic rings. The zero-order chi connectivity index (χ0) is 19.7. The Morgan fingerprint density at radius 3 is 2.41 bits per heavy atom. The van der Waals surface area contributed by atoms with Crippen molar-refractivity contribution < 1.29 is 13.2 Å². The summed E-state index contributed by atoms with van der Waals surface area (Å²) in [6.45, 7) is 6.08. The molecule has 0 aromatic heterocycles. The topological polar surface area (TPSA) is 87.6 Å². The molecule has 0 saturated heterocycles. The smallest absolute Gasteiger partial charge is 0.285 e. The SMILES string of the molecule is CCCC(C)(C)NC(=O)c1ccc(NC2=NS(=O)(=O)c3ccccc32)cc1. The highest BCUT2D eigenvalue weighted by atomic mass is 32.2. The highest BCUT2D eigenvalue weighted by Gasteiger charge is 2.28. The van der Waals surface area contributed by atoms with E-state index in [1.54, 1.807) is 42.5 Å². The predicted octanol–water partition coefficient (Wildman–Crippen LogP) is 3.56. The van der Waals surface area contributed by atoms with Crippen molar-refractivity contribution in [3.05, 3.63) is 59.7 Å². The molecule has 0 atom stereocenters. The number of sulfonamides is 1. The molecule has 3 rings (SSSR count). The van der Waals surface area contributed by atoms with Gasteiger partial charge in [-0.05, 0) is 56.7 Å². The van der Waals surface area contributed by atoms with E-state index >= 15 is 0 Å². The van der Waals surface area contributed by atoms with Gasteiger partial charge in [0.15, 0.2) is 5.84 Å². The Labute approximate surface area is 159 Å². The number of nitrogens with zero attached hydrogens (tertiary/aromatic N) is 1. The third-order valence-electron chi connectivity index (χ3n) is 4.37. The summed E-state index contributed by atoms with van der Waals surface area (Å²) in [7, 11) is -3.66. The van der Waals surface area contributed by atoms with Crippen molar-refractivity contribution in [2.75, 3.05) is 5.32 Å². The largest absolute Gasteiger partial charge is 0.347 e. The van der Waals surface area contributed by atoms with E-state index in [0.29, 0.717) is 16.8 Å². The summed E-state index contributed by atoms with van der Waals surface area (Å²) in [4.78, 5) is 12.6. The molecule has 0 bridgehead atoms. The quantitative estimate of drug-likeness (QED) is 0.824. The van der Waals surface area contributed by atoms with Crippen molar-refractivity contribution in [1.29, 1.82) is 0 Å². The van der Waals surface area contributed by atoms with E-state index in [0.717, 1.165) is 12.8 Å². The molecule has 0 fully saturated rings. The highest BCUT2D eigenvalue weighted by Crippen LogP contribution is 2.26. The maximum Gasteiger partial charge on any atom is 0.285 e. The van der Waals surface area contributed by atoms with E-state index in [1.807, 2.05) is 13.8 Å². The van der Waals surface area contributed by atoms with E-state index in [1.165, 1.54) is 6.07 Å². The summed E-state index contributed by atoms with van der Waals surface area (Å²) in [5.41, 5.74) is 1.48. The van der Waals surface area contributed by atoms with Crippen LogP contribution in [0.25, 0.3) is 0 Å². The summed E-state index contributed by atoms with van der Waals surface area (Å²) in [5.74, 6) is 0.151.